The van der Waals surface area contributed by atoms with E-state index in [2.05, 4.69) is 55.1 Å². The SMILES string of the molecule is C[Si](C)(C)Sc1ccccc1/C=N\C1CC1. The van der Waals surface area contributed by atoms with Crippen molar-refractivity contribution in [2.75, 3.05) is 0 Å². The average molecular weight is 249 g/mol. The van der Waals surface area contributed by atoms with E-state index in [0.29, 0.717) is 6.04 Å². The lowest BCUT2D eigenvalue weighted by Crippen LogP contribution is -2.13. The summed E-state index contributed by atoms with van der Waals surface area (Å²) in [5, 5.41) is 0. The second-order valence-electron chi connectivity index (χ2n) is 5.26. The zero-order valence-electron chi connectivity index (χ0n) is 10.2. The molecule has 1 aromatic carbocycles. The van der Waals surface area contributed by atoms with Crippen LogP contribution in [0.3, 0.4) is 0 Å². The van der Waals surface area contributed by atoms with Gasteiger partial charge >= 0.3 is 0 Å². The van der Waals surface area contributed by atoms with Crippen LogP contribution in [0.1, 0.15) is 18.4 Å². The first-order valence-electron chi connectivity index (χ1n) is 5.86. The van der Waals surface area contributed by atoms with Gasteiger partial charge in [-0.1, -0.05) is 37.8 Å². The van der Waals surface area contributed by atoms with Gasteiger partial charge in [-0.05, 0) is 18.9 Å². The summed E-state index contributed by atoms with van der Waals surface area (Å²) in [5.74, 6) is 0. The minimum Gasteiger partial charge on any atom is -0.289 e. The van der Waals surface area contributed by atoms with Crippen molar-refractivity contribution in [3.63, 3.8) is 0 Å². The predicted molar refractivity (Wildman–Crippen MR) is 76.3 cm³/mol. The molecule has 0 radical (unpaired) electrons. The van der Waals surface area contributed by atoms with Crippen LogP contribution in [-0.2, 0) is 0 Å². The first-order chi connectivity index (χ1) is 7.54. The third-order valence-electron chi connectivity index (χ3n) is 2.31. The normalized spacial score (nSPS) is 16.9. The van der Waals surface area contributed by atoms with Gasteiger partial charge < -0.3 is 0 Å². The van der Waals surface area contributed by atoms with Crippen LogP contribution >= 0.6 is 11.2 Å². The molecule has 0 bridgehead atoms. The van der Waals surface area contributed by atoms with Gasteiger partial charge in [-0.3, -0.25) is 4.99 Å². The zero-order valence-corrected chi connectivity index (χ0v) is 12.1. The summed E-state index contributed by atoms with van der Waals surface area (Å²) in [5.41, 5.74) is 1.29. The molecular formula is C13H19NSSi. The lowest BCUT2D eigenvalue weighted by atomic mass is 10.2. The molecule has 1 saturated carbocycles. The van der Waals surface area contributed by atoms with Gasteiger partial charge in [-0.15, -0.1) is 0 Å². The molecule has 1 aromatic rings. The largest absolute Gasteiger partial charge is 0.289 e. The molecule has 16 heavy (non-hydrogen) atoms. The van der Waals surface area contributed by atoms with Crippen LogP contribution in [0.2, 0.25) is 19.6 Å². The highest BCUT2D eigenvalue weighted by atomic mass is 32.4. The smallest absolute Gasteiger partial charge is 0.114 e. The zero-order chi connectivity index (χ0) is 11.6. The maximum Gasteiger partial charge on any atom is 0.114 e. The number of rotatable bonds is 4. The number of aliphatic imine (C=N–C) groups is 1. The Balaban J connectivity index is 2.16. The monoisotopic (exact) mass is 249 g/mol. The van der Waals surface area contributed by atoms with Crippen molar-refractivity contribution < 1.29 is 0 Å². The number of hydrogen-bond acceptors (Lipinski definition) is 2. The fraction of sp³-hybridized carbons (Fsp3) is 0.462. The first kappa shape index (κ1) is 11.9. The number of hydrogen-bond donors (Lipinski definition) is 0. The second kappa shape index (κ2) is 4.76. The van der Waals surface area contributed by atoms with Crippen molar-refractivity contribution in [3.8, 4) is 0 Å². The molecule has 1 nitrogen and oxygen atoms in total. The van der Waals surface area contributed by atoms with E-state index in [1.54, 1.807) is 0 Å². The Labute approximate surface area is 103 Å². The Kier molecular flexibility index (Phi) is 3.55. The molecule has 1 fully saturated rings. The maximum atomic E-state index is 4.57. The van der Waals surface area contributed by atoms with Gasteiger partial charge in [0.1, 0.15) is 7.22 Å². The minimum absolute atomic E-state index is 0.616. The van der Waals surface area contributed by atoms with E-state index in [4.69, 9.17) is 0 Å². The molecule has 0 aromatic heterocycles. The van der Waals surface area contributed by atoms with Gasteiger partial charge in [0.25, 0.3) is 0 Å². The number of benzene rings is 1. The van der Waals surface area contributed by atoms with Gasteiger partial charge in [-0.2, -0.15) is 11.2 Å². The molecule has 0 saturated heterocycles. The Morgan fingerprint density at radius 1 is 1.25 bits per heavy atom. The van der Waals surface area contributed by atoms with Crippen LogP contribution < -0.4 is 0 Å². The summed E-state index contributed by atoms with van der Waals surface area (Å²) in [4.78, 5) is 5.97. The molecular weight excluding hydrogens is 230 g/mol. The van der Waals surface area contributed by atoms with Crippen molar-refractivity contribution in [2.24, 2.45) is 4.99 Å². The van der Waals surface area contributed by atoms with Crippen LogP contribution in [0.25, 0.3) is 0 Å². The van der Waals surface area contributed by atoms with Crippen LogP contribution in [0.4, 0.5) is 0 Å². The first-order valence-corrected chi connectivity index (χ1v) is 10.9. The molecule has 0 aliphatic heterocycles. The van der Waals surface area contributed by atoms with E-state index < -0.39 is 7.22 Å². The number of nitrogens with zero attached hydrogens (tertiary/aromatic N) is 1. The van der Waals surface area contributed by atoms with Crippen LogP contribution in [0.5, 0.6) is 0 Å². The van der Waals surface area contributed by atoms with E-state index in [0.717, 1.165) is 0 Å². The highest BCUT2D eigenvalue weighted by molar-refractivity contribution is 8.28. The molecule has 0 amide bonds. The molecule has 0 unspecified atom stereocenters. The highest BCUT2D eigenvalue weighted by Gasteiger charge is 2.20. The van der Waals surface area contributed by atoms with Gasteiger partial charge in [0.15, 0.2) is 0 Å². The van der Waals surface area contributed by atoms with Gasteiger partial charge in [-0.25, -0.2) is 0 Å². The summed E-state index contributed by atoms with van der Waals surface area (Å²) in [7, 11) is -1.12. The molecule has 1 aliphatic rings. The molecule has 0 atom stereocenters. The lowest BCUT2D eigenvalue weighted by Gasteiger charge is -2.16. The minimum atomic E-state index is -1.12. The van der Waals surface area contributed by atoms with E-state index in [1.807, 2.05) is 11.2 Å². The van der Waals surface area contributed by atoms with E-state index >= 15 is 0 Å². The molecule has 0 N–H and O–H groups in total. The summed E-state index contributed by atoms with van der Waals surface area (Å²) in [6.07, 6.45) is 4.62. The molecule has 0 heterocycles. The highest BCUT2D eigenvalue weighted by Crippen LogP contribution is 2.31. The molecule has 0 spiro atoms. The fourth-order valence-electron chi connectivity index (χ4n) is 1.42. The predicted octanol–water partition coefficient (Wildman–Crippen LogP) is 4.19. The van der Waals surface area contributed by atoms with Crippen molar-refractivity contribution >= 4 is 24.6 Å². The average Bonchev–Trinajstić information content (AvgIpc) is 2.98. The van der Waals surface area contributed by atoms with Crippen molar-refractivity contribution in [1.29, 1.82) is 0 Å². The summed E-state index contributed by atoms with van der Waals surface area (Å²) in [6, 6.07) is 9.23. The van der Waals surface area contributed by atoms with Crippen LogP contribution in [0, 0.1) is 0 Å². The lowest BCUT2D eigenvalue weighted by molar-refractivity contribution is 1.07. The summed E-state index contributed by atoms with van der Waals surface area (Å²) >= 11 is 2.05. The van der Waals surface area contributed by atoms with E-state index in [-0.39, 0.29) is 0 Å². The van der Waals surface area contributed by atoms with Gasteiger partial charge in [0.2, 0.25) is 0 Å². The molecule has 1 aliphatic carbocycles. The van der Waals surface area contributed by atoms with Crippen molar-refractivity contribution in [2.45, 2.75) is 43.4 Å². The Morgan fingerprint density at radius 2 is 1.94 bits per heavy atom. The summed E-state index contributed by atoms with van der Waals surface area (Å²) < 4.78 is 0. The fourth-order valence-corrected chi connectivity index (χ4v) is 5.00. The standard InChI is InChI=1S/C13H19NSSi/c1-16(2,3)15-13-7-5-4-6-11(13)10-14-12-8-9-12/h4-7,10,12H,8-9H2,1-3H3/b14-10-. The third kappa shape index (κ3) is 3.80. The molecule has 3 heteroatoms. The van der Waals surface area contributed by atoms with Crippen molar-refractivity contribution in [3.05, 3.63) is 29.8 Å². The maximum absolute atomic E-state index is 4.57. The Hall–Kier alpha value is -0.543. The summed E-state index contributed by atoms with van der Waals surface area (Å²) in [6.45, 7) is 7.14. The van der Waals surface area contributed by atoms with Crippen LogP contribution in [0.15, 0.2) is 34.2 Å². The van der Waals surface area contributed by atoms with Gasteiger partial charge in [0, 0.05) is 16.7 Å². The van der Waals surface area contributed by atoms with E-state index in [1.165, 1.54) is 23.3 Å². The topological polar surface area (TPSA) is 12.4 Å². The van der Waals surface area contributed by atoms with Gasteiger partial charge in [0.05, 0.1) is 6.04 Å². The van der Waals surface area contributed by atoms with Crippen molar-refractivity contribution in [1.82, 2.24) is 0 Å². The van der Waals surface area contributed by atoms with E-state index in [9.17, 15) is 0 Å². The Bertz CT molecular complexity index is 391. The quantitative estimate of drug-likeness (QED) is 0.575. The molecule has 86 valence electrons. The Morgan fingerprint density at radius 3 is 2.56 bits per heavy atom. The second-order valence-corrected chi connectivity index (χ2v) is 14.4. The van der Waals surface area contributed by atoms with Crippen LogP contribution in [-0.4, -0.2) is 19.5 Å². The molecule has 2 rings (SSSR count). The third-order valence-corrected chi connectivity index (χ3v) is 6.01.